The number of rotatable bonds is 4. The van der Waals surface area contributed by atoms with Gasteiger partial charge in [0.15, 0.2) is 5.78 Å². The van der Waals surface area contributed by atoms with Crippen molar-refractivity contribution in [2.24, 2.45) is 13.0 Å². The molecule has 0 fully saturated rings. The fourth-order valence-electron chi connectivity index (χ4n) is 1.36. The summed E-state index contributed by atoms with van der Waals surface area (Å²) >= 11 is 0. The Bertz CT molecular complexity index is 291. The molecule has 1 unspecified atom stereocenters. The first-order valence-electron chi connectivity index (χ1n) is 4.69. The maximum absolute atomic E-state index is 11.7. The predicted octanol–water partition coefficient (Wildman–Crippen LogP) is 2.04. The van der Waals surface area contributed by atoms with E-state index in [1.165, 1.54) is 0 Å². The molecule has 0 saturated heterocycles. The summed E-state index contributed by atoms with van der Waals surface area (Å²) in [5.41, 5.74) is 0.587. The number of carbonyl (C=O) groups is 1. The smallest absolute Gasteiger partial charge is 0.185 e. The molecule has 1 aromatic heterocycles. The molecule has 1 heterocycles. The number of nitrogens with zero attached hydrogens (tertiary/aromatic N) is 2. The van der Waals surface area contributed by atoms with Crippen LogP contribution in [0.3, 0.4) is 0 Å². The summed E-state index contributed by atoms with van der Waals surface area (Å²) in [4.78, 5) is 11.7. The van der Waals surface area contributed by atoms with E-state index in [-0.39, 0.29) is 11.7 Å². The van der Waals surface area contributed by atoms with Crippen molar-refractivity contribution in [3.63, 3.8) is 0 Å². The number of Topliss-reactive ketones (excluding diaryl/α,β-unsaturated/α-hetero) is 1. The van der Waals surface area contributed by atoms with E-state index >= 15 is 0 Å². The van der Waals surface area contributed by atoms with E-state index in [4.69, 9.17) is 0 Å². The molecule has 0 N–H and O–H groups in total. The molecule has 1 aromatic rings. The Labute approximate surface area is 78.8 Å². The first-order chi connectivity index (χ1) is 6.15. The number of carbonyl (C=O) groups excluding carboxylic acids is 1. The highest BCUT2D eigenvalue weighted by atomic mass is 16.1. The highest BCUT2D eigenvalue weighted by molar-refractivity contribution is 5.95. The van der Waals surface area contributed by atoms with Crippen molar-refractivity contribution >= 4 is 5.78 Å². The molecule has 0 spiro atoms. The molecule has 3 nitrogen and oxygen atoms in total. The maximum atomic E-state index is 11.7. The Morgan fingerprint density at radius 3 is 2.85 bits per heavy atom. The van der Waals surface area contributed by atoms with E-state index in [0.717, 1.165) is 12.8 Å². The third kappa shape index (κ3) is 2.41. The van der Waals surface area contributed by atoms with Gasteiger partial charge in [0.25, 0.3) is 0 Å². The second kappa shape index (κ2) is 4.21. The van der Waals surface area contributed by atoms with Crippen LogP contribution in [0.5, 0.6) is 0 Å². The first-order valence-corrected chi connectivity index (χ1v) is 4.69. The Kier molecular flexibility index (Phi) is 3.23. The van der Waals surface area contributed by atoms with E-state index in [2.05, 4.69) is 12.0 Å². The number of aromatic nitrogens is 2. The predicted molar refractivity (Wildman–Crippen MR) is 51.6 cm³/mol. The van der Waals surface area contributed by atoms with E-state index in [1.807, 2.05) is 14.0 Å². The van der Waals surface area contributed by atoms with Gasteiger partial charge in [-0.3, -0.25) is 9.48 Å². The Morgan fingerprint density at radius 2 is 2.38 bits per heavy atom. The molecule has 3 heteroatoms. The normalized spacial score (nSPS) is 12.8. The lowest BCUT2D eigenvalue weighted by Crippen LogP contribution is -2.12. The Balaban J connectivity index is 2.67. The van der Waals surface area contributed by atoms with Crippen LogP contribution in [0.15, 0.2) is 12.3 Å². The highest BCUT2D eigenvalue weighted by Crippen LogP contribution is 2.11. The molecular formula is C10H16N2O. The van der Waals surface area contributed by atoms with Crippen molar-refractivity contribution in [1.29, 1.82) is 0 Å². The van der Waals surface area contributed by atoms with Gasteiger partial charge in [-0.25, -0.2) is 0 Å². The quantitative estimate of drug-likeness (QED) is 0.664. The van der Waals surface area contributed by atoms with Crippen LogP contribution in [0.25, 0.3) is 0 Å². The molecular weight excluding hydrogens is 164 g/mol. The molecule has 1 rings (SSSR count). The zero-order chi connectivity index (χ0) is 9.84. The largest absolute Gasteiger partial charge is 0.292 e. The van der Waals surface area contributed by atoms with Gasteiger partial charge in [0.05, 0.1) is 0 Å². The lowest BCUT2D eigenvalue weighted by atomic mass is 9.99. The van der Waals surface area contributed by atoms with Crippen molar-refractivity contribution in [1.82, 2.24) is 9.78 Å². The summed E-state index contributed by atoms with van der Waals surface area (Å²) in [7, 11) is 1.82. The molecule has 13 heavy (non-hydrogen) atoms. The van der Waals surface area contributed by atoms with Gasteiger partial charge in [-0.2, -0.15) is 5.10 Å². The lowest BCUT2D eigenvalue weighted by molar-refractivity contribution is 0.0917. The van der Waals surface area contributed by atoms with Crippen molar-refractivity contribution in [3.05, 3.63) is 18.0 Å². The molecule has 0 saturated carbocycles. The van der Waals surface area contributed by atoms with Crippen LogP contribution in [0, 0.1) is 5.92 Å². The van der Waals surface area contributed by atoms with Crippen LogP contribution >= 0.6 is 0 Å². The average Bonchev–Trinajstić information content (AvgIpc) is 2.51. The van der Waals surface area contributed by atoms with Gasteiger partial charge in [0.2, 0.25) is 0 Å². The van der Waals surface area contributed by atoms with E-state index < -0.39 is 0 Å². The Morgan fingerprint density at radius 1 is 1.69 bits per heavy atom. The summed E-state index contributed by atoms with van der Waals surface area (Å²) in [6.45, 7) is 4.04. The van der Waals surface area contributed by atoms with Crippen molar-refractivity contribution in [3.8, 4) is 0 Å². The summed E-state index contributed by atoms with van der Waals surface area (Å²) in [6.07, 6.45) is 3.78. The van der Waals surface area contributed by atoms with Gasteiger partial charge < -0.3 is 0 Å². The standard InChI is InChI=1S/C10H16N2O/c1-4-5-8(2)10(13)9-6-7-12(3)11-9/h6-8H,4-5H2,1-3H3. The first kappa shape index (κ1) is 9.96. The zero-order valence-corrected chi connectivity index (χ0v) is 8.45. The van der Waals surface area contributed by atoms with Crippen LogP contribution in [-0.2, 0) is 7.05 Å². The lowest BCUT2D eigenvalue weighted by Gasteiger charge is -2.05. The van der Waals surface area contributed by atoms with Gasteiger partial charge in [-0.15, -0.1) is 0 Å². The molecule has 0 amide bonds. The maximum Gasteiger partial charge on any atom is 0.185 e. The monoisotopic (exact) mass is 180 g/mol. The number of hydrogen-bond acceptors (Lipinski definition) is 2. The van der Waals surface area contributed by atoms with Crippen LogP contribution in [0.4, 0.5) is 0 Å². The van der Waals surface area contributed by atoms with Crippen molar-refractivity contribution in [2.75, 3.05) is 0 Å². The summed E-state index contributed by atoms with van der Waals surface area (Å²) < 4.78 is 1.66. The van der Waals surface area contributed by atoms with Gasteiger partial charge in [-0.05, 0) is 12.5 Å². The molecule has 0 aliphatic carbocycles. The molecule has 0 aliphatic rings. The molecule has 0 radical (unpaired) electrons. The molecule has 0 bridgehead atoms. The summed E-state index contributed by atoms with van der Waals surface area (Å²) in [5, 5.41) is 4.08. The third-order valence-electron chi connectivity index (χ3n) is 2.14. The average molecular weight is 180 g/mol. The van der Waals surface area contributed by atoms with Crippen LogP contribution < -0.4 is 0 Å². The van der Waals surface area contributed by atoms with Crippen molar-refractivity contribution in [2.45, 2.75) is 26.7 Å². The molecule has 1 atom stereocenters. The van der Waals surface area contributed by atoms with E-state index in [0.29, 0.717) is 5.69 Å². The highest BCUT2D eigenvalue weighted by Gasteiger charge is 2.15. The SMILES string of the molecule is CCCC(C)C(=O)c1ccn(C)n1. The van der Waals surface area contributed by atoms with Crippen molar-refractivity contribution < 1.29 is 4.79 Å². The number of hydrogen-bond donors (Lipinski definition) is 0. The van der Waals surface area contributed by atoms with Crippen LogP contribution in [0.2, 0.25) is 0 Å². The van der Waals surface area contributed by atoms with Gasteiger partial charge in [0.1, 0.15) is 5.69 Å². The van der Waals surface area contributed by atoms with Crippen LogP contribution in [0.1, 0.15) is 37.2 Å². The Hall–Kier alpha value is -1.12. The van der Waals surface area contributed by atoms with Gasteiger partial charge in [0, 0.05) is 19.2 Å². The number of ketones is 1. The topological polar surface area (TPSA) is 34.9 Å². The van der Waals surface area contributed by atoms with E-state index in [9.17, 15) is 4.79 Å². The van der Waals surface area contributed by atoms with Crippen LogP contribution in [-0.4, -0.2) is 15.6 Å². The fourth-order valence-corrected chi connectivity index (χ4v) is 1.36. The fraction of sp³-hybridized carbons (Fsp3) is 0.600. The summed E-state index contributed by atoms with van der Waals surface area (Å²) in [6, 6.07) is 1.77. The minimum atomic E-state index is 0.0971. The minimum absolute atomic E-state index is 0.0971. The third-order valence-corrected chi connectivity index (χ3v) is 2.14. The second-order valence-electron chi connectivity index (χ2n) is 3.43. The van der Waals surface area contributed by atoms with Gasteiger partial charge in [-0.1, -0.05) is 20.3 Å². The molecule has 72 valence electrons. The minimum Gasteiger partial charge on any atom is -0.292 e. The number of aryl methyl sites for hydroxylation is 1. The van der Waals surface area contributed by atoms with E-state index in [1.54, 1.807) is 16.9 Å². The zero-order valence-electron chi connectivity index (χ0n) is 8.45. The van der Waals surface area contributed by atoms with Gasteiger partial charge >= 0.3 is 0 Å². The summed E-state index contributed by atoms with van der Waals surface area (Å²) in [5.74, 6) is 0.252. The second-order valence-corrected chi connectivity index (χ2v) is 3.43. The molecule has 0 aromatic carbocycles. The molecule has 0 aliphatic heterocycles.